The molecule has 1 aromatic carbocycles. The molecule has 10 nitrogen and oxygen atoms in total. The van der Waals surface area contributed by atoms with Crippen molar-refractivity contribution in [1.29, 1.82) is 0 Å². The van der Waals surface area contributed by atoms with Crippen LogP contribution in [-0.2, 0) is 23.6 Å². The van der Waals surface area contributed by atoms with Crippen LogP contribution in [-0.4, -0.2) is 41.7 Å². The van der Waals surface area contributed by atoms with Gasteiger partial charge in [-0.15, -0.1) is 0 Å². The van der Waals surface area contributed by atoms with Crippen LogP contribution in [0.1, 0.15) is 15.9 Å². The number of methoxy groups -OCH3 is 2. The maximum absolute atomic E-state index is 12.3. The molecular weight excluding hydrogens is 382 g/mol. The Hall–Kier alpha value is -3.82. The van der Waals surface area contributed by atoms with E-state index in [9.17, 15) is 19.2 Å². The van der Waals surface area contributed by atoms with Crippen LogP contribution in [0.15, 0.2) is 33.9 Å². The number of hydrogen-bond acceptors (Lipinski definition) is 8. The zero-order chi connectivity index (χ0) is 21.7. The molecule has 29 heavy (non-hydrogen) atoms. The fraction of sp³-hybridized carbons (Fsp3) is 0.263. The lowest BCUT2D eigenvalue weighted by molar-refractivity contribution is -0.136. The molecule has 0 saturated carbocycles. The number of ether oxygens (including phenoxy) is 3. The van der Waals surface area contributed by atoms with Crippen LogP contribution in [0.4, 0.5) is 5.82 Å². The zero-order valence-corrected chi connectivity index (χ0v) is 16.4. The second-order valence-electron chi connectivity index (χ2n) is 5.91. The molecule has 0 bridgehead atoms. The van der Waals surface area contributed by atoms with Crippen molar-refractivity contribution >= 4 is 23.6 Å². The van der Waals surface area contributed by atoms with E-state index in [0.29, 0.717) is 17.1 Å². The largest absolute Gasteiger partial charge is 0.493 e. The first kappa shape index (κ1) is 21.5. The number of aromatic nitrogens is 2. The van der Waals surface area contributed by atoms with Gasteiger partial charge in [0.2, 0.25) is 5.78 Å². The fourth-order valence-electron chi connectivity index (χ4n) is 2.58. The van der Waals surface area contributed by atoms with E-state index in [1.165, 1.54) is 34.4 Å². The summed E-state index contributed by atoms with van der Waals surface area (Å²) in [5.41, 5.74) is 4.32. The predicted octanol–water partition coefficient (Wildman–Crippen LogP) is 0.123. The number of benzene rings is 1. The van der Waals surface area contributed by atoms with Gasteiger partial charge in [-0.05, 0) is 12.1 Å². The molecule has 0 radical (unpaired) electrons. The van der Waals surface area contributed by atoms with Gasteiger partial charge in [-0.1, -0.05) is 12.1 Å². The highest BCUT2D eigenvalue weighted by molar-refractivity contribution is 6.02. The maximum atomic E-state index is 12.3. The minimum Gasteiger partial charge on any atom is -0.493 e. The summed E-state index contributed by atoms with van der Waals surface area (Å²) >= 11 is 0. The van der Waals surface area contributed by atoms with E-state index in [4.69, 9.17) is 19.9 Å². The van der Waals surface area contributed by atoms with Crippen molar-refractivity contribution in [2.45, 2.75) is 0 Å². The van der Waals surface area contributed by atoms with E-state index in [0.717, 1.165) is 15.2 Å². The summed E-state index contributed by atoms with van der Waals surface area (Å²) in [6.45, 7) is -0.712. The second kappa shape index (κ2) is 8.91. The summed E-state index contributed by atoms with van der Waals surface area (Å²) < 4.78 is 17.0. The number of carbonyl (C=O) groups excluding carboxylic acids is 2. The normalized spacial score (nSPS) is 10.8. The van der Waals surface area contributed by atoms with Crippen molar-refractivity contribution in [2.75, 3.05) is 26.6 Å². The molecule has 154 valence electrons. The molecular formula is C19H21N3O7. The molecule has 1 heterocycles. The Morgan fingerprint density at radius 2 is 1.79 bits per heavy atom. The lowest BCUT2D eigenvalue weighted by Crippen LogP contribution is -2.42. The van der Waals surface area contributed by atoms with Crippen molar-refractivity contribution in [2.24, 2.45) is 14.1 Å². The fourth-order valence-corrected chi connectivity index (χ4v) is 2.58. The molecule has 10 heteroatoms. The van der Waals surface area contributed by atoms with Gasteiger partial charge in [-0.25, -0.2) is 9.59 Å². The molecule has 0 spiro atoms. The highest BCUT2D eigenvalue weighted by Crippen LogP contribution is 2.31. The van der Waals surface area contributed by atoms with E-state index in [1.54, 1.807) is 18.2 Å². The molecule has 0 unspecified atom stereocenters. The Morgan fingerprint density at radius 3 is 2.41 bits per heavy atom. The van der Waals surface area contributed by atoms with Gasteiger partial charge in [0, 0.05) is 25.7 Å². The zero-order valence-electron chi connectivity index (χ0n) is 16.4. The van der Waals surface area contributed by atoms with Crippen LogP contribution in [0.25, 0.3) is 6.08 Å². The third-order valence-electron chi connectivity index (χ3n) is 4.17. The Morgan fingerprint density at radius 1 is 1.10 bits per heavy atom. The predicted molar refractivity (Wildman–Crippen MR) is 105 cm³/mol. The molecule has 2 rings (SSSR count). The van der Waals surface area contributed by atoms with Crippen LogP contribution in [0.3, 0.4) is 0 Å². The summed E-state index contributed by atoms with van der Waals surface area (Å²) in [4.78, 5) is 48.2. The minimum atomic E-state index is -0.858. The first-order chi connectivity index (χ1) is 13.7. The molecule has 0 saturated heterocycles. The number of nitrogen functional groups attached to an aromatic ring is 1. The highest BCUT2D eigenvalue weighted by atomic mass is 16.5. The van der Waals surface area contributed by atoms with Crippen LogP contribution in [0, 0.1) is 0 Å². The van der Waals surface area contributed by atoms with E-state index in [1.807, 2.05) is 0 Å². The number of rotatable bonds is 7. The Bertz CT molecular complexity index is 1100. The molecule has 0 aliphatic rings. The number of anilines is 1. The highest BCUT2D eigenvalue weighted by Gasteiger charge is 2.21. The van der Waals surface area contributed by atoms with Gasteiger partial charge in [0.1, 0.15) is 11.4 Å². The SMILES string of the molecule is COc1cccc(C=CC(=O)OCC(=O)c2c(N)n(C)c(=O)n(C)c2=O)c1OC. The average molecular weight is 403 g/mol. The Balaban J connectivity index is 2.15. The molecule has 1 aromatic heterocycles. The third-order valence-corrected chi connectivity index (χ3v) is 4.17. The standard InChI is InChI=1S/C19H21N3O7/c1-21-17(20)15(18(25)22(2)19(21)26)12(23)10-29-14(24)9-8-11-6-5-7-13(27-3)16(11)28-4/h5-9H,10,20H2,1-4H3. The van der Waals surface area contributed by atoms with Gasteiger partial charge in [0.05, 0.1) is 14.2 Å². The number of nitrogens with zero attached hydrogens (tertiary/aromatic N) is 2. The van der Waals surface area contributed by atoms with Crippen LogP contribution >= 0.6 is 0 Å². The lowest BCUT2D eigenvalue weighted by atomic mass is 10.1. The maximum Gasteiger partial charge on any atom is 0.332 e. The summed E-state index contributed by atoms with van der Waals surface area (Å²) in [7, 11) is 5.49. The quantitative estimate of drug-likeness (QED) is 0.392. The number of nitrogens with two attached hydrogens (primary N) is 1. The molecule has 0 fully saturated rings. The number of hydrogen-bond donors (Lipinski definition) is 1. The van der Waals surface area contributed by atoms with E-state index >= 15 is 0 Å². The number of esters is 1. The number of ketones is 1. The van der Waals surface area contributed by atoms with Gasteiger partial charge in [-0.3, -0.25) is 18.7 Å². The van der Waals surface area contributed by atoms with Crippen molar-refractivity contribution in [3.05, 3.63) is 56.2 Å². The van der Waals surface area contributed by atoms with Crippen molar-refractivity contribution < 1.29 is 23.8 Å². The molecule has 2 aromatic rings. The number of carbonyl (C=O) groups is 2. The monoisotopic (exact) mass is 403 g/mol. The molecule has 2 N–H and O–H groups in total. The van der Waals surface area contributed by atoms with Gasteiger partial charge >= 0.3 is 11.7 Å². The Kier molecular flexibility index (Phi) is 6.60. The number of para-hydroxylation sites is 1. The van der Waals surface area contributed by atoms with Gasteiger partial charge in [0.15, 0.2) is 18.1 Å². The molecule has 0 aliphatic carbocycles. The van der Waals surface area contributed by atoms with Crippen molar-refractivity contribution in [3.8, 4) is 11.5 Å². The topological polar surface area (TPSA) is 132 Å². The molecule has 0 amide bonds. The summed E-state index contributed by atoms with van der Waals surface area (Å²) in [5, 5.41) is 0. The van der Waals surface area contributed by atoms with Crippen LogP contribution < -0.4 is 26.5 Å². The third kappa shape index (κ3) is 4.37. The minimum absolute atomic E-state index is 0.296. The number of Topliss-reactive ketones (excluding diaryl/α,β-unsaturated/α-hetero) is 1. The smallest absolute Gasteiger partial charge is 0.332 e. The lowest BCUT2D eigenvalue weighted by Gasteiger charge is -2.11. The first-order valence-corrected chi connectivity index (χ1v) is 8.37. The average Bonchev–Trinajstić information content (AvgIpc) is 2.72. The molecule has 0 atom stereocenters. The van der Waals surface area contributed by atoms with Crippen LogP contribution in [0.5, 0.6) is 11.5 Å². The summed E-state index contributed by atoms with van der Waals surface area (Å²) in [6, 6.07) is 5.12. The van der Waals surface area contributed by atoms with E-state index < -0.39 is 35.2 Å². The Labute approximate surface area is 165 Å². The summed E-state index contributed by atoms with van der Waals surface area (Å²) in [5.74, 6) is -1.02. The van der Waals surface area contributed by atoms with Crippen molar-refractivity contribution in [1.82, 2.24) is 9.13 Å². The van der Waals surface area contributed by atoms with Crippen LogP contribution in [0.2, 0.25) is 0 Å². The van der Waals surface area contributed by atoms with E-state index in [2.05, 4.69) is 0 Å². The summed E-state index contributed by atoms with van der Waals surface area (Å²) in [6.07, 6.45) is 2.54. The second-order valence-corrected chi connectivity index (χ2v) is 5.91. The van der Waals surface area contributed by atoms with Crippen molar-refractivity contribution in [3.63, 3.8) is 0 Å². The first-order valence-electron chi connectivity index (χ1n) is 8.37. The molecule has 0 aliphatic heterocycles. The van der Waals surface area contributed by atoms with Gasteiger partial charge in [0.25, 0.3) is 5.56 Å². The van der Waals surface area contributed by atoms with Gasteiger partial charge < -0.3 is 19.9 Å². The van der Waals surface area contributed by atoms with E-state index in [-0.39, 0.29) is 5.82 Å². The van der Waals surface area contributed by atoms with Gasteiger partial charge in [-0.2, -0.15) is 0 Å².